The molecule has 3 aromatic rings. The Balaban J connectivity index is 1.30. The molecular formula is C40H39N2S8+. The second kappa shape index (κ2) is 19.3. The van der Waals surface area contributed by atoms with Crippen molar-refractivity contribution in [3.8, 4) is 22.6 Å². The average molecular weight is 804 g/mol. The topological polar surface area (TPSA) is 7.12 Å². The fourth-order valence-electron chi connectivity index (χ4n) is 5.84. The zero-order valence-electron chi connectivity index (χ0n) is 28.2. The number of benzene rings is 2. The first-order valence-electron chi connectivity index (χ1n) is 16.6. The average Bonchev–Trinajstić information content (AvgIpc) is 3.65. The van der Waals surface area contributed by atoms with E-state index in [1.807, 2.05) is 58.8 Å². The third-order valence-electron chi connectivity index (χ3n) is 8.06. The maximum atomic E-state index is 3.89. The molecule has 0 saturated carbocycles. The van der Waals surface area contributed by atoms with Crippen molar-refractivity contribution >= 4 is 112 Å². The fourth-order valence-corrected chi connectivity index (χ4v) is 11.5. The summed E-state index contributed by atoms with van der Waals surface area (Å²) in [5, 5.41) is 9.04. The molecule has 10 heteroatoms. The molecule has 2 aromatic carbocycles. The second-order valence-electron chi connectivity index (χ2n) is 11.4. The maximum absolute atomic E-state index is 3.89. The first-order chi connectivity index (χ1) is 24.6. The Bertz CT molecular complexity index is 2000. The van der Waals surface area contributed by atoms with Gasteiger partial charge < -0.3 is 0 Å². The Kier molecular flexibility index (Phi) is 14.6. The van der Waals surface area contributed by atoms with E-state index in [1.54, 1.807) is 43.2 Å². The summed E-state index contributed by atoms with van der Waals surface area (Å²) in [7, 11) is 6.81. The van der Waals surface area contributed by atoms with Crippen molar-refractivity contribution in [2.45, 2.75) is 54.2 Å². The Morgan fingerprint density at radius 3 is 2.42 bits per heavy atom. The third-order valence-corrected chi connectivity index (χ3v) is 15.8. The molecule has 0 fully saturated rings. The summed E-state index contributed by atoms with van der Waals surface area (Å²) in [5.74, 6) is 4.51. The molecule has 2 heterocycles. The Morgan fingerprint density at radius 1 is 0.900 bits per heavy atom. The van der Waals surface area contributed by atoms with Crippen LogP contribution < -0.4 is 9.47 Å². The smallest absolute Gasteiger partial charge is 0.261 e. The number of thiazole rings is 1. The molecule has 1 aromatic heterocycles. The molecule has 50 heavy (non-hydrogen) atoms. The monoisotopic (exact) mass is 803 g/mol. The zero-order chi connectivity index (χ0) is 34.7. The van der Waals surface area contributed by atoms with Crippen LogP contribution in [0.5, 0.6) is 0 Å². The number of thioether (sulfide) groups is 3. The van der Waals surface area contributed by atoms with Crippen LogP contribution in [-0.2, 0) is 0 Å². The first kappa shape index (κ1) is 37.9. The summed E-state index contributed by atoms with van der Waals surface area (Å²) in [4.78, 5) is 5.99. The quantitative estimate of drug-likeness (QED) is 0.0441. The molecule has 1 aliphatic heterocycles. The van der Waals surface area contributed by atoms with Crippen LogP contribution in [0, 0.1) is 28.5 Å². The van der Waals surface area contributed by atoms with E-state index in [0.29, 0.717) is 5.92 Å². The molecule has 0 amide bonds. The van der Waals surface area contributed by atoms with Crippen molar-refractivity contribution in [1.82, 2.24) is 0 Å². The number of allylic oxidation sites excluding steroid dienone is 6. The van der Waals surface area contributed by atoms with Crippen LogP contribution in [-0.4, -0.2) is 23.0 Å². The molecule has 1 atom stereocenters. The Morgan fingerprint density at radius 2 is 1.64 bits per heavy atom. The van der Waals surface area contributed by atoms with E-state index in [4.69, 9.17) is 0 Å². The molecule has 6 rings (SSSR count). The largest absolute Gasteiger partial charge is 0.278 e. The van der Waals surface area contributed by atoms with E-state index in [0.717, 1.165) is 35.9 Å². The lowest BCUT2D eigenvalue weighted by Crippen LogP contribution is -2.29. The van der Waals surface area contributed by atoms with Gasteiger partial charge in [-0.25, -0.2) is 0 Å². The van der Waals surface area contributed by atoms with Crippen LogP contribution in [0.4, 0.5) is 5.69 Å². The first-order valence-corrected chi connectivity index (χ1v) is 24.8. The fraction of sp³-hybridized carbons (Fsp3) is 0.275. The van der Waals surface area contributed by atoms with Gasteiger partial charge in [-0.05, 0) is 95.5 Å². The standard InChI is InChI=1S/C40H39N2S8/c1-5-19-43-33-13-15-35-37(27-33)49-39(41(35)17-21-47-45-7-3)25-29-9-11-31-12-10-30(24-32(31)23-29)26-40-42(18-22-48-46-8-4)36-16-14-34(44-20-6-2)28-38(36)50-40/h5-6,13-16,23-28,31H,1-2,7-12,19-20H2,3-4H3/q+1. The van der Waals surface area contributed by atoms with Crippen LogP contribution in [0.25, 0.3) is 16.3 Å². The summed E-state index contributed by atoms with van der Waals surface area (Å²) >= 11 is 7.31. The number of aromatic nitrogens is 1. The van der Waals surface area contributed by atoms with Gasteiger partial charge in [0.2, 0.25) is 11.6 Å². The molecule has 0 radical (unpaired) electrons. The minimum Gasteiger partial charge on any atom is -0.261 e. The lowest BCUT2D eigenvalue weighted by molar-refractivity contribution is -0.551. The van der Waals surface area contributed by atoms with Gasteiger partial charge in [-0.3, -0.25) is 4.90 Å². The van der Waals surface area contributed by atoms with Gasteiger partial charge in [-0.2, -0.15) is 0 Å². The minimum atomic E-state index is 0.617. The highest BCUT2D eigenvalue weighted by Crippen LogP contribution is 2.48. The van der Waals surface area contributed by atoms with Crippen molar-refractivity contribution < 1.29 is 4.57 Å². The van der Waals surface area contributed by atoms with E-state index in [-0.39, 0.29) is 0 Å². The summed E-state index contributed by atoms with van der Waals surface area (Å²) in [6.45, 7) is 12.1. The van der Waals surface area contributed by atoms with Crippen LogP contribution in [0.2, 0.25) is 0 Å². The van der Waals surface area contributed by atoms with Gasteiger partial charge in [-0.1, -0.05) is 87.4 Å². The van der Waals surface area contributed by atoms with E-state index in [1.165, 1.54) is 70.2 Å². The van der Waals surface area contributed by atoms with Crippen LogP contribution in [0.1, 0.15) is 44.5 Å². The number of rotatable bonds is 12. The molecule has 0 N–H and O–H groups in total. The number of hydrogen-bond donors (Lipinski definition) is 0. The van der Waals surface area contributed by atoms with Gasteiger partial charge in [0.25, 0.3) is 5.01 Å². The molecule has 2 aliphatic carbocycles. The summed E-state index contributed by atoms with van der Waals surface area (Å²) in [5.41, 5.74) is 6.56. The molecule has 3 aliphatic rings. The van der Waals surface area contributed by atoms with Crippen LogP contribution >= 0.6 is 89.8 Å². The predicted molar refractivity (Wildman–Crippen MR) is 235 cm³/mol. The molecule has 0 bridgehead atoms. The summed E-state index contributed by atoms with van der Waals surface area (Å²) in [6.07, 6.45) is 18.2. The number of hydrogen-bond acceptors (Lipinski definition) is 9. The van der Waals surface area contributed by atoms with Gasteiger partial charge in [0.1, 0.15) is 4.70 Å². The van der Waals surface area contributed by atoms with Gasteiger partial charge in [-0.15, -0.1) is 36.7 Å². The summed E-state index contributed by atoms with van der Waals surface area (Å²) < 4.78 is 3.46. The highest BCUT2D eigenvalue weighted by molar-refractivity contribution is 8.78. The van der Waals surface area contributed by atoms with E-state index in [2.05, 4.69) is 120 Å². The van der Waals surface area contributed by atoms with Crippen molar-refractivity contribution in [1.29, 1.82) is 0 Å². The van der Waals surface area contributed by atoms with Gasteiger partial charge in [0.15, 0.2) is 0 Å². The molecule has 1 unspecified atom stereocenters. The number of anilines is 1. The van der Waals surface area contributed by atoms with E-state index in [9.17, 15) is 0 Å². The van der Waals surface area contributed by atoms with E-state index >= 15 is 0 Å². The zero-order valence-corrected chi connectivity index (χ0v) is 34.8. The SMILES string of the molecule is C=CCSc1ccc2c(c1)S/C(=C\C1=CC3=C/C(=C/c4sc5cc(SCC=C)ccc5[n+]4C#CSSCC)CCC3CC1)N2C#CSSCC. The summed E-state index contributed by atoms with van der Waals surface area (Å²) in [6, 6.07) is 20.4. The highest BCUT2D eigenvalue weighted by Gasteiger charge is 2.28. The molecule has 256 valence electrons. The van der Waals surface area contributed by atoms with E-state index < -0.39 is 0 Å². The van der Waals surface area contributed by atoms with Crippen molar-refractivity contribution in [3.63, 3.8) is 0 Å². The van der Waals surface area contributed by atoms with Crippen molar-refractivity contribution in [2.75, 3.05) is 27.9 Å². The molecule has 0 spiro atoms. The normalized spacial score (nSPS) is 18.1. The minimum absolute atomic E-state index is 0.617. The van der Waals surface area contributed by atoms with Gasteiger partial charge in [0, 0.05) is 71.9 Å². The van der Waals surface area contributed by atoms with Crippen molar-refractivity contribution in [3.05, 3.63) is 107 Å². The second-order valence-corrected chi connectivity index (χ2v) is 20.5. The molecular weight excluding hydrogens is 765 g/mol. The van der Waals surface area contributed by atoms with Gasteiger partial charge >= 0.3 is 0 Å². The van der Waals surface area contributed by atoms with Crippen LogP contribution in [0.3, 0.4) is 0 Å². The number of fused-ring (bicyclic) bond motifs is 3. The third kappa shape index (κ3) is 9.76. The Hall–Kier alpha value is -1.86. The number of nitrogens with zero attached hydrogens (tertiary/aromatic N) is 2. The van der Waals surface area contributed by atoms with Gasteiger partial charge in [0.05, 0.1) is 16.0 Å². The predicted octanol–water partition coefficient (Wildman–Crippen LogP) is 13.1. The highest BCUT2D eigenvalue weighted by atomic mass is 33.1. The van der Waals surface area contributed by atoms with Crippen molar-refractivity contribution in [2.24, 2.45) is 5.92 Å². The molecule has 0 saturated heterocycles. The van der Waals surface area contributed by atoms with Crippen LogP contribution in [0.15, 0.2) is 116 Å². The maximum Gasteiger partial charge on any atom is 0.278 e. The Labute approximate surface area is 330 Å². The molecule has 2 nitrogen and oxygen atoms in total. The lowest BCUT2D eigenvalue weighted by Gasteiger charge is -2.28. The lowest BCUT2D eigenvalue weighted by atomic mass is 9.77.